The summed E-state index contributed by atoms with van der Waals surface area (Å²) in [6.45, 7) is 1.99. The molecule has 0 saturated carbocycles. The molecule has 5 heteroatoms. The van der Waals surface area contributed by atoms with Gasteiger partial charge in [0.25, 0.3) is 0 Å². The molecule has 1 unspecified atom stereocenters. The Labute approximate surface area is 113 Å². The first-order valence-corrected chi connectivity index (χ1v) is 6.41. The van der Waals surface area contributed by atoms with E-state index >= 15 is 0 Å². The van der Waals surface area contributed by atoms with Crippen molar-refractivity contribution in [3.8, 4) is 0 Å². The molecule has 1 aromatic carbocycles. The molecule has 0 saturated heterocycles. The van der Waals surface area contributed by atoms with Crippen molar-refractivity contribution in [1.29, 1.82) is 0 Å². The maximum Gasteiger partial charge on any atom is 0.305 e. The maximum absolute atomic E-state index is 11.0. The van der Waals surface area contributed by atoms with E-state index in [2.05, 4.69) is 14.8 Å². The van der Waals surface area contributed by atoms with E-state index in [1.54, 1.807) is 0 Å². The van der Waals surface area contributed by atoms with Crippen LogP contribution in [-0.2, 0) is 16.0 Å². The number of ether oxygens (including phenoxy) is 1. The second-order valence-corrected chi connectivity index (χ2v) is 4.30. The van der Waals surface area contributed by atoms with Gasteiger partial charge < -0.3 is 4.74 Å². The zero-order chi connectivity index (χ0) is 14.1. The van der Waals surface area contributed by atoms with E-state index in [0.29, 0.717) is 6.42 Å². The number of methoxy groups -OCH3 is 1. The van der Waals surface area contributed by atoms with Crippen LogP contribution in [0.1, 0.15) is 43.4 Å². The fourth-order valence-electron chi connectivity index (χ4n) is 1.89. The van der Waals surface area contributed by atoms with Gasteiger partial charge in [-0.15, -0.1) is 0 Å². The lowest BCUT2D eigenvalue weighted by Crippen LogP contribution is -2.00. The Bertz CT molecular complexity index is 450. The molecule has 0 aliphatic heterocycles. The van der Waals surface area contributed by atoms with Gasteiger partial charge in [0.15, 0.2) is 0 Å². The summed E-state index contributed by atoms with van der Waals surface area (Å²) in [7, 11) is 1.40. The highest BCUT2D eigenvalue weighted by atomic mass is 16.5. The molecule has 0 spiro atoms. The molecule has 1 rings (SSSR count). The van der Waals surface area contributed by atoms with Crippen LogP contribution in [-0.4, -0.2) is 13.1 Å². The lowest BCUT2D eigenvalue weighted by atomic mass is 10.0. The highest BCUT2D eigenvalue weighted by Gasteiger charge is 2.06. The van der Waals surface area contributed by atoms with E-state index in [0.717, 1.165) is 24.8 Å². The number of hydrogen-bond acceptors (Lipinski definition) is 3. The molecule has 0 radical (unpaired) electrons. The number of carbonyl (C=O) groups is 1. The van der Waals surface area contributed by atoms with Crippen molar-refractivity contribution in [2.45, 2.75) is 38.6 Å². The van der Waals surface area contributed by atoms with Crippen molar-refractivity contribution < 1.29 is 9.53 Å². The van der Waals surface area contributed by atoms with Gasteiger partial charge in [-0.25, -0.2) is 0 Å². The molecule has 1 atom stereocenters. The third kappa shape index (κ3) is 5.02. The summed E-state index contributed by atoms with van der Waals surface area (Å²) in [5, 5.41) is 3.76. The van der Waals surface area contributed by atoms with E-state index in [1.807, 2.05) is 31.2 Å². The zero-order valence-corrected chi connectivity index (χ0v) is 11.4. The normalized spacial score (nSPS) is 11.5. The molecule has 19 heavy (non-hydrogen) atoms. The number of aryl methyl sites for hydroxylation is 1. The fourth-order valence-corrected chi connectivity index (χ4v) is 1.89. The zero-order valence-electron chi connectivity index (χ0n) is 11.4. The first-order valence-electron chi connectivity index (χ1n) is 6.41. The average molecular weight is 261 g/mol. The quantitative estimate of drug-likeness (QED) is 0.322. The third-order valence-corrected chi connectivity index (χ3v) is 3.02. The maximum atomic E-state index is 11.0. The Kier molecular flexibility index (Phi) is 6.47. The van der Waals surface area contributed by atoms with Crippen LogP contribution in [0, 0.1) is 0 Å². The first-order chi connectivity index (χ1) is 9.21. The first kappa shape index (κ1) is 15.1. The summed E-state index contributed by atoms with van der Waals surface area (Å²) >= 11 is 0. The molecule has 102 valence electrons. The van der Waals surface area contributed by atoms with E-state index in [1.165, 1.54) is 12.7 Å². The Morgan fingerprint density at radius 3 is 2.63 bits per heavy atom. The van der Waals surface area contributed by atoms with Crippen molar-refractivity contribution in [3.05, 3.63) is 45.8 Å². The summed E-state index contributed by atoms with van der Waals surface area (Å²) in [6, 6.07) is 7.89. The van der Waals surface area contributed by atoms with Gasteiger partial charge >= 0.3 is 5.97 Å². The van der Waals surface area contributed by atoms with Gasteiger partial charge in [0, 0.05) is 11.3 Å². The highest BCUT2D eigenvalue weighted by molar-refractivity contribution is 5.69. The minimum Gasteiger partial charge on any atom is -0.469 e. The van der Waals surface area contributed by atoms with E-state index in [4.69, 9.17) is 5.53 Å². The third-order valence-electron chi connectivity index (χ3n) is 3.02. The fraction of sp³-hybridized carbons (Fsp3) is 0.500. The minimum absolute atomic E-state index is 0.103. The van der Waals surface area contributed by atoms with Crippen molar-refractivity contribution >= 4 is 5.97 Å². The van der Waals surface area contributed by atoms with Crippen LogP contribution in [0.2, 0.25) is 0 Å². The van der Waals surface area contributed by atoms with Gasteiger partial charge in [0.05, 0.1) is 13.2 Å². The summed E-state index contributed by atoms with van der Waals surface area (Å²) in [5.41, 5.74) is 10.7. The number of hydrogen-bond donors (Lipinski definition) is 0. The van der Waals surface area contributed by atoms with Gasteiger partial charge in [0.2, 0.25) is 0 Å². The molecular weight excluding hydrogens is 242 g/mol. The van der Waals surface area contributed by atoms with Crippen LogP contribution in [0.15, 0.2) is 29.4 Å². The topological polar surface area (TPSA) is 75.1 Å². The Hall–Kier alpha value is -2.00. The summed E-state index contributed by atoms with van der Waals surface area (Å²) < 4.78 is 4.59. The van der Waals surface area contributed by atoms with Crippen LogP contribution < -0.4 is 0 Å². The molecule has 0 bridgehead atoms. The number of nitrogens with zero attached hydrogens (tertiary/aromatic N) is 3. The molecule has 0 aromatic heterocycles. The Balaban J connectivity index is 2.56. The van der Waals surface area contributed by atoms with Crippen LogP contribution >= 0.6 is 0 Å². The van der Waals surface area contributed by atoms with Gasteiger partial charge in [0.1, 0.15) is 0 Å². The summed E-state index contributed by atoms with van der Waals surface area (Å²) in [5.74, 6) is -0.175. The lowest BCUT2D eigenvalue weighted by Gasteiger charge is -2.09. The molecule has 1 aromatic rings. The number of carbonyl (C=O) groups excluding carboxylic acids is 1. The van der Waals surface area contributed by atoms with Crippen molar-refractivity contribution in [2.24, 2.45) is 5.11 Å². The summed E-state index contributed by atoms with van der Waals surface area (Å²) in [6.07, 6.45) is 2.84. The predicted octanol–water partition coefficient (Wildman–Crippen LogP) is 3.94. The van der Waals surface area contributed by atoms with E-state index in [-0.39, 0.29) is 12.0 Å². The second-order valence-electron chi connectivity index (χ2n) is 4.30. The van der Waals surface area contributed by atoms with E-state index < -0.39 is 0 Å². The van der Waals surface area contributed by atoms with Crippen LogP contribution in [0.5, 0.6) is 0 Å². The minimum atomic E-state index is -0.175. The molecule has 0 heterocycles. The van der Waals surface area contributed by atoms with E-state index in [9.17, 15) is 4.79 Å². The average Bonchev–Trinajstić information content (AvgIpc) is 2.45. The van der Waals surface area contributed by atoms with Crippen molar-refractivity contribution in [1.82, 2.24) is 0 Å². The Morgan fingerprint density at radius 1 is 1.42 bits per heavy atom. The second kappa shape index (κ2) is 8.16. The standard InChI is InChI=1S/C14H19N3O2/c1-3-13(16-17-15)12-9-7-11(8-10-12)5-4-6-14(18)19-2/h7-10,13H,3-6H2,1-2H3. The Morgan fingerprint density at radius 2 is 2.11 bits per heavy atom. The largest absolute Gasteiger partial charge is 0.469 e. The number of benzene rings is 1. The smallest absolute Gasteiger partial charge is 0.305 e. The monoisotopic (exact) mass is 261 g/mol. The molecular formula is C14H19N3O2. The molecule has 0 N–H and O–H groups in total. The SMILES string of the molecule is CCC(N=[N+]=[N-])c1ccc(CCCC(=O)OC)cc1. The van der Waals surface area contributed by atoms with Gasteiger partial charge in [-0.05, 0) is 35.9 Å². The number of azide groups is 1. The predicted molar refractivity (Wildman–Crippen MR) is 73.6 cm³/mol. The van der Waals surface area contributed by atoms with Gasteiger partial charge in [-0.2, -0.15) is 0 Å². The lowest BCUT2D eigenvalue weighted by molar-refractivity contribution is -0.140. The number of esters is 1. The van der Waals surface area contributed by atoms with Crippen molar-refractivity contribution in [2.75, 3.05) is 7.11 Å². The van der Waals surface area contributed by atoms with Crippen LogP contribution in [0.25, 0.3) is 10.4 Å². The number of rotatable bonds is 7. The van der Waals surface area contributed by atoms with Gasteiger partial charge in [-0.1, -0.05) is 36.3 Å². The highest BCUT2D eigenvalue weighted by Crippen LogP contribution is 2.21. The molecule has 0 fully saturated rings. The molecule has 5 nitrogen and oxygen atoms in total. The summed E-state index contributed by atoms with van der Waals surface area (Å²) in [4.78, 5) is 13.8. The molecule has 0 amide bonds. The van der Waals surface area contributed by atoms with Crippen LogP contribution in [0.3, 0.4) is 0 Å². The molecule has 0 aliphatic rings. The van der Waals surface area contributed by atoms with Crippen LogP contribution in [0.4, 0.5) is 0 Å². The van der Waals surface area contributed by atoms with Crippen molar-refractivity contribution in [3.63, 3.8) is 0 Å². The van der Waals surface area contributed by atoms with Gasteiger partial charge in [-0.3, -0.25) is 4.79 Å². The molecule has 0 aliphatic carbocycles.